The first-order chi connectivity index (χ1) is 17.0. The van der Waals surface area contributed by atoms with Crippen LogP contribution in [0.4, 0.5) is 0 Å². The van der Waals surface area contributed by atoms with Crippen molar-refractivity contribution in [2.24, 2.45) is 5.16 Å². The van der Waals surface area contributed by atoms with Gasteiger partial charge in [-0.2, -0.15) is 0 Å². The van der Waals surface area contributed by atoms with Crippen molar-refractivity contribution in [3.05, 3.63) is 75.6 Å². The van der Waals surface area contributed by atoms with Crippen LogP contribution in [0.2, 0.25) is 0 Å². The molecular formula is C26H29NO6S2. The number of carbonyl (C=O) groups excluding carboxylic acids is 1. The van der Waals surface area contributed by atoms with Crippen molar-refractivity contribution in [1.82, 2.24) is 0 Å². The van der Waals surface area contributed by atoms with Gasteiger partial charge in [0.2, 0.25) is 0 Å². The van der Waals surface area contributed by atoms with E-state index in [1.807, 2.05) is 30.3 Å². The first kappa shape index (κ1) is 26.7. The van der Waals surface area contributed by atoms with Crippen molar-refractivity contribution in [2.75, 3.05) is 32.3 Å². The lowest BCUT2D eigenvalue weighted by Gasteiger charge is -2.20. The van der Waals surface area contributed by atoms with E-state index in [2.05, 4.69) is 19.0 Å². The van der Waals surface area contributed by atoms with E-state index in [-0.39, 0.29) is 15.9 Å². The highest BCUT2D eigenvalue weighted by Gasteiger charge is 2.23. The summed E-state index contributed by atoms with van der Waals surface area (Å²) in [6.45, 7) is 4.55. The van der Waals surface area contributed by atoms with Gasteiger partial charge >= 0.3 is 11.6 Å². The Balaban J connectivity index is 1.93. The van der Waals surface area contributed by atoms with Gasteiger partial charge in [-0.15, -0.1) is 23.5 Å². The largest absolute Gasteiger partial charge is 0.493 e. The van der Waals surface area contributed by atoms with E-state index in [1.54, 1.807) is 35.7 Å². The highest BCUT2D eigenvalue weighted by Crippen LogP contribution is 2.46. The van der Waals surface area contributed by atoms with Gasteiger partial charge in [0.05, 0.1) is 23.9 Å². The normalized spacial score (nSPS) is 11.6. The quantitative estimate of drug-likeness (QED) is 0.104. The molecule has 35 heavy (non-hydrogen) atoms. The summed E-state index contributed by atoms with van der Waals surface area (Å²) in [5.41, 5.74) is 2.63. The van der Waals surface area contributed by atoms with Crippen LogP contribution in [-0.2, 0) is 20.8 Å². The summed E-state index contributed by atoms with van der Waals surface area (Å²) < 4.78 is 16.8. The zero-order valence-corrected chi connectivity index (χ0v) is 21.9. The molecule has 0 atom stereocenters. The van der Waals surface area contributed by atoms with Crippen LogP contribution in [0, 0.1) is 0 Å². The summed E-state index contributed by atoms with van der Waals surface area (Å²) in [7, 11) is 2.69. The zero-order valence-electron chi connectivity index (χ0n) is 20.2. The molecule has 2 aromatic carbocycles. The van der Waals surface area contributed by atoms with E-state index in [0.717, 1.165) is 28.0 Å². The van der Waals surface area contributed by atoms with E-state index in [1.165, 1.54) is 20.3 Å². The van der Waals surface area contributed by atoms with E-state index >= 15 is 0 Å². The Morgan fingerprint density at radius 1 is 1.03 bits per heavy atom. The fourth-order valence-corrected chi connectivity index (χ4v) is 6.21. The molecule has 0 unspecified atom stereocenters. The third-order valence-corrected chi connectivity index (χ3v) is 7.68. The Morgan fingerprint density at radius 2 is 1.74 bits per heavy atom. The van der Waals surface area contributed by atoms with Crippen molar-refractivity contribution in [1.29, 1.82) is 0 Å². The van der Waals surface area contributed by atoms with Gasteiger partial charge in [-0.3, -0.25) is 0 Å². The minimum absolute atomic E-state index is 0.0568. The summed E-state index contributed by atoms with van der Waals surface area (Å²) in [6, 6.07) is 14.5. The van der Waals surface area contributed by atoms with Gasteiger partial charge in [-0.25, -0.2) is 9.59 Å². The number of rotatable bonds is 12. The molecule has 0 bridgehead atoms. The Bertz CT molecular complexity index is 1230. The fraction of sp³-hybridized carbons (Fsp3) is 0.346. The van der Waals surface area contributed by atoms with Crippen molar-refractivity contribution in [2.45, 2.75) is 24.9 Å². The van der Waals surface area contributed by atoms with E-state index in [9.17, 15) is 9.59 Å². The number of thioether (sulfide) groups is 2. The topological polar surface area (TPSA) is 87.3 Å². The summed E-state index contributed by atoms with van der Waals surface area (Å²) >= 11 is 3.55. The standard InChI is InChI=1S/C26H29NO6S2/c1-5-34-26(35-6-2)22-20(13-11-18-12-14-21(28)33-24(18)22)32-16-15-17-9-7-8-10-19(17)23(27-31-4)25(29)30-3/h7-14,26H,5-6,15-16H2,1-4H3/b27-23+. The molecule has 1 aromatic heterocycles. The number of hydrogen-bond donors (Lipinski definition) is 0. The maximum absolute atomic E-state index is 12.2. The minimum atomic E-state index is -0.580. The second-order valence-corrected chi connectivity index (χ2v) is 10.3. The van der Waals surface area contributed by atoms with Gasteiger partial charge in [-0.05, 0) is 35.3 Å². The molecule has 0 radical (unpaired) electrons. The van der Waals surface area contributed by atoms with Crippen LogP contribution < -0.4 is 10.4 Å². The number of methoxy groups -OCH3 is 1. The molecule has 0 spiro atoms. The van der Waals surface area contributed by atoms with Crippen LogP contribution in [0.1, 0.15) is 35.1 Å². The highest BCUT2D eigenvalue weighted by atomic mass is 32.2. The summed E-state index contributed by atoms with van der Waals surface area (Å²) in [5.74, 6) is 1.92. The highest BCUT2D eigenvalue weighted by molar-refractivity contribution is 8.16. The molecule has 0 amide bonds. The van der Waals surface area contributed by atoms with Gasteiger partial charge in [0.15, 0.2) is 5.71 Å². The predicted octanol–water partition coefficient (Wildman–Crippen LogP) is 5.44. The van der Waals surface area contributed by atoms with E-state index in [0.29, 0.717) is 29.9 Å². The monoisotopic (exact) mass is 515 g/mol. The van der Waals surface area contributed by atoms with Crippen LogP contribution in [0.5, 0.6) is 5.75 Å². The number of oxime groups is 1. The van der Waals surface area contributed by atoms with Gasteiger partial charge < -0.3 is 18.7 Å². The molecule has 0 aliphatic carbocycles. The first-order valence-corrected chi connectivity index (χ1v) is 13.3. The Hall–Kier alpha value is -2.91. The van der Waals surface area contributed by atoms with Crippen molar-refractivity contribution >= 4 is 46.2 Å². The molecule has 0 saturated heterocycles. The molecule has 0 fully saturated rings. The lowest BCUT2D eigenvalue weighted by atomic mass is 10.0. The molecular weight excluding hydrogens is 486 g/mol. The Morgan fingerprint density at radius 3 is 2.43 bits per heavy atom. The van der Waals surface area contributed by atoms with Crippen molar-refractivity contribution in [3.8, 4) is 5.75 Å². The molecule has 0 aliphatic rings. The second-order valence-electron chi connectivity index (χ2n) is 7.26. The molecule has 3 aromatic rings. The molecule has 0 saturated carbocycles. The average molecular weight is 516 g/mol. The third kappa shape index (κ3) is 6.61. The SMILES string of the molecule is CCSC(SCC)c1c(OCCc2ccccc2/C(=N\OC)C(=O)OC)ccc2ccc(=O)oc12. The third-order valence-electron chi connectivity index (χ3n) is 5.12. The first-order valence-electron chi connectivity index (χ1n) is 11.2. The van der Waals surface area contributed by atoms with Gasteiger partial charge in [0.1, 0.15) is 18.4 Å². The van der Waals surface area contributed by atoms with Gasteiger partial charge in [0.25, 0.3) is 0 Å². The molecule has 186 valence electrons. The number of benzene rings is 2. The molecule has 0 aliphatic heterocycles. The number of hydrogen-bond acceptors (Lipinski definition) is 9. The van der Waals surface area contributed by atoms with E-state index < -0.39 is 5.97 Å². The zero-order chi connectivity index (χ0) is 25.2. The van der Waals surface area contributed by atoms with Crippen molar-refractivity contribution in [3.63, 3.8) is 0 Å². The number of nitrogens with zero attached hydrogens (tertiary/aromatic N) is 1. The summed E-state index contributed by atoms with van der Waals surface area (Å²) in [6.07, 6.45) is 0.513. The molecule has 1 heterocycles. The van der Waals surface area contributed by atoms with Crippen LogP contribution >= 0.6 is 23.5 Å². The number of ether oxygens (including phenoxy) is 2. The lowest BCUT2D eigenvalue weighted by molar-refractivity contribution is -0.132. The van der Waals surface area contributed by atoms with Crippen molar-refractivity contribution < 1.29 is 23.5 Å². The molecule has 3 rings (SSSR count). The smallest absolute Gasteiger partial charge is 0.360 e. The van der Waals surface area contributed by atoms with E-state index in [4.69, 9.17) is 18.7 Å². The van der Waals surface area contributed by atoms with Crippen LogP contribution in [0.3, 0.4) is 0 Å². The minimum Gasteiger partial charge on any atom is -0.493 e. The molecule has 7 nitrogen and oxygen atoms in total. The maximum atomic E-state index is 12.2. The average Bonchev–Trinajstić information content (AvgIpc) is 2.87. The molecule has 0 N–H and O–H groups in total. The maximum Gasteiger partial charge on any atom is 0.360 e. The number of carbonyl (C=O) groups is 1. The number of esters is 1. The van der Waals surface area contributed by atoms with Crippen LogP contribution in [-0.4, -0.2) is 44.0 Å². The summed E-state index contributed by atoms with van der Waals surface area (Å²) in [5, 5.41) is 4.72. The molecule has 9 heteroatoms. The lowest BCUT2D eigenvalue weighted by Crippen LogP contribution is -2.20. The second kappa shape index (κ2) is 13.3. The van der Waals surface area contributed by atoms with Gasteiger partial charge in [0, 0.05) is 23.4 Å². The van der Waals surface area contributed by atoms with Crippen LogP contribution in [0.15, 0.2) is 62.9 Å². The van der Waals surface area contributed by atoms with Crippen LogP contribution in [0.25, 0.3) is 11.0 Å². The number of fused-ring (bicyclic) bond motifs is 1. The summed E-state index contributed by atoms with van der Waals surface area (Å²) in [4.78, 5) is 29.1. The Kier molecular flexibility index (Phi) is 10.1. The Labute approximate surface area is 213 Å². The fourth-order valence-electron chi connectivity index (χ4n) is 3.63. The van der Waals surface area contributed by atoms with Gasteiger partial charge in [-0.1, -0.05) is 43.3 Å². The predicted molar refractivity (Wildman–Crippen MR) is 143 cm³/mol.